The number of aryl methyl sites for hydroxylation is 2. The Bertz CT molecular complexity index is 355. The summed E-state index contributed by atoms with van der Waals surface area (Å²) in [6.45, 7) is 6.13. The van der Waals surface area contributed by atoms with E-state index in [0.29, 0.717) is 0 Å². The van der Waals surface area contributed by atoms with Crippen LogP contribution in [0.4, 0.5) is 0 Å². The smallest absolute Gasteiger partial charge is 0.0868 e. The first-order valence-corrected chi connectivity index (χ1v) is 6.28. The SMILES string of the molecule is Cc1cc(C)cc(C(C)(O)CCC2CC2)c1. The number of hydrogen-bond donors (Lipinski definition) is 1. The predicted octanol–water partition coefficient (Wildman–Crippen LogP) is 3.70. The molecule has 1 atom stereocenters. The van der Waals surface area contributed by atoms with Gasteiger partial charge in [-0.05, 0) is 45.1 Å². The van der Waals surface area contributed by atoms with E-state index in [4.69, 9.17) is 0 Å². The first-order chi connectivity index (χ1) is 7.47. The normalized spacial score (nSPS) is 19.5. The molecule has 1 saturated carbocycles. The van der Waals surface area contributed by atoms with Gasteiger partial charge in [-0.15, -0.1) is 0 Å². The fourth-order valence-corrected chi connectivity index (χ4v) is 2.32. The fourth-order valence-electron chi connectivity index (χ4n) is 2.32. The highest BCUT2D eigenvalue weighted by molar-refractivity contribution is 5.32. The Morgan fingerprint density at radius 2 is 1.75 bits per heavy atom. The fraction of sp³-hybridized carbons (Fsp3) is 0.600. The lowest BCUT2D eigenvalue weighted by atomic mass is 9.88. The Morgan fingerprint density at radius 1 is 1.19 bits per heavy atom. The molecule has 1 aromatic carbocycles. The highest BCUT2D eigenvalue weighted by Crippen LogP contribution is 2.38. The van der Waals surface area contributed by atoms with Crippen molar-refractivity contribution < 1.29 is 5.11 Å². The molecule has 0 bridgehead atoms. The van der Waals surface area contributed by atoms with Crippen molar-refractivity contribution in [2.75, 3.05) is 0 Å². The van der Waals surface area contributed by atoms with Gasteiger partial charge < -0.3 is 5.11 Å². The lowest BCUT2D eigenvalue weighted by Gasteiger charge is -2.25. The van der Waals surface area contributed by atoms with Crippen LogP contribution in [0.25, 0.3) is 0 Å². The van der Waals surface area contributed by atoms with Gasteiger partial charge in [-0.3, -0.25) is 0 Å². The van der Waals surface area contributed by atoms with Crippen LogP contribution in [-0.4, -0.2) is 5.11 Å². The average Bonchev–Trinajstić information content (AvgIpc) is 2.96. The van der Waals surface area contributed by atoms with E-state index in [1.54, 1.807) is 0 Å². The van der Waals surface area contributed by atoms with Crippen LogP contribution in [0.15, 0.2) is 18.2 Å². The van der Waals surface area contributed by atoms with Crippen LogP contribution in [0.2, 0.25) is 0 Å². The van der Waals surface area contributed by atoms with Crippen molar-refractivity contribution in [1.29, 1.82) is 0 Å². The van der Waals surface area contributed by atoms with Gasteiger partial charge in [0.25, 0.3) is 0 Å². The summed E-state index contributed by atoms with van der Waals surface area (Å²) in [6.07, 6.45) is 4.78. The Hall–Kier alpha value is -0.820. The van der Waals surface area contributed by atoms with Crippen LogP contribution in [0.3, 0.4) is 0 Å². The summed E-state index contributed by atoms with van der Waals surface area (Å²) < 4.78 is 0. The molecule has 1 aromatic rings. The van der Waals surface area contributed by atoms with Crippen molar-refractivity contribution in [3.63, 3.8) is 0 Å². The largest absolute Gasteiger partial charge is 0.385 e. The summed E-state index contributed by atoms with van der Waals surface area (Å²) in [6, 6.07) is 6.38. The number of rotatable bonds is 4. The van der Waals surface area contributed by atoms with Crippen molar-refractivity contribution in [2.24, 2.45) is 5.92 Å². The van der Waals surface area contributed by atoms with Gasteiger partial charge in [0.15, 0.2) is 0 Å². The second kappa shape index (κ2) is 4.21. The quantitative estimate of drug-likeness (QED) is 0.817. The second-order valence-corrected chi connectivity index (χ2v) is 5.63. The second-order valence-electron chi connectivity index (χ2n) is 5.63. The van der Waals surface area contributed by atoms with Gasteiger partial charge in [0.1, 0.15) is 0 Å². The van der Waals surface area contributed by atoms with Gasteiger partial charge in [0.2, 0.25) is 0 Å². The van der Waals surface area contributed by atoms with E-state index in [-0.39, 0.29) is 0 Å². The summed E-state index contributed by atoms with van der Waals surface area (Å²) in [7, 11) is 0. The van der Waals surface area contributed by atoms with Crippen LogP contribution >= 0.6 is 0 Å². The topological polar surface area (TPSA) is 20.2 Å². The summed E-state index contributed by atoms with van der Waals surface area (Å²) in [5, 5.41) is 10.5. The van der Waals surface area contributed by atoms with Crippen molar-refractivity contribution in [1.82, 2.24) is 0 Å². The first-order valence-electron chi connectivity index (χ1n) is 6.28. The summed E-state index contributed by atoms with van der Waals surface area (Å²) in [4.78, 5) is 0. The molecule has 1 heteroatoms. The summed E-state index contributed by atoms with van der Waals surface area (Å²) >= 11 is 0. The van der Waals surface area contributed by atoms with Crippen molar-refractivity contribution in [3.05, 3.63) is 34.9 Å². The Balaban J connectivity index is 2.12. The van der Waals surface area contributed by atoms with E-state index < -0.39 is 5.60 Å². The standard InChI is InChI=1S/C15H22O/c1-11-8-12(2)10-14(9-11)15(3,16)7-6-13-4-5-13/h8-10,13,16H,4-7H2,1-3H3. The summed E-state index contributed by atoms with van der Waals surface area (Å²) in [5.41, 5.74) is 2.90. The molecule has 1 unspecified atom stereocenters. The molecule has 0 aliphatic heterocycles. The number of hydrogen-bond acceptors (Lipinski definition) is 1. The molecule has 0 heterocycles. The molecular formula is C15H22O. The van der Waals surface area contributed by atoms with E-state index in [1.165, 1.54) is 30.4 Å². The average molecular weight is 218 g/mol. The monoisotopic (exact) mass is 218 g/mol. The Morgan fingerprint density at radius 3 is 2.25 bits per heavy atom. The minimum Gasteiger partial charge on any atom is -0.385 e. The highest BCUT2D eigenvalue weighted by atomic mass is 16.3. The van der Waals surface area contributed by atoms with E-state index in [1.807, 2.05) is 6.92 Å². The zero-order chi connectivity index (χ0) is 11.8. The zero-order valence-electron chi connectivity index (χ0n) is 10.6. The minimum atomic E-state index is -0.653. The molecule has 1 nitrogen and oxygen atoms in total. The van der Waals surface area contributed by atoms with Crippen molar-refractivity contribution in [2.45, 2.75) is 52.1 Å². The van der Waals surface area contributed by atoms with Gasteiger partial charge in [-0.1, -0.05) is 42.2 Å². The maximum atomic E-state index is 10.5. The summed E-state index contributed by atoms with van der Waals surface area (Å²) in [5.74, 6) is 0.886. The maximum absolute atomic E-state index is 10.5. The lowest BCUT2D eigenvalue weighted by molar-refractivity contribution is 0.0438. The third kappa shape index (κ3) is 2.85. The molecular weight excluding hydrogens is 196 g/mol. The van der Waals surface area contributed by atoms with Gasteiger partial charge in [-0.25, -0.2) is 0 Å². The molecule has 0 amide bonds. The molecule has 16 heavy (non-hydrogen) atoms. The van der Waals surface area contributed by atoms with Crippen molar-refractivity contribution in [3.8, 4) is 0 Å². The molecule has 1 aliphatic rings. The van der Waals surface area contributed by atoms with E-state index >= 15 is 0 Å². The molecule has 2 rings (SSSR count). The number of benzene rings is 1. The molecule has 0 saturated heterocycles. The van der Waals surface area contributed by atoms with Crippen LogP contribution in [0.5, 0.6) is 0 Å². The molecule has 0 spiro atoms. The predicted molar refractivity (Wildman–Crippen MR) is 67.4 cm³/mol. The molecule has 1 N–H and O–H groups in total. The minimum absolute atomic E-state index is 0.653. The van der Waals surface area contributed by atoms with Crippen LogP contribution in [0.1, 0.15) is 49.3 Å². The molecule has 88 valence electrons. The molecule has 0 radical (unpaired) electrons. The van der Waals surface area contributed by atoms with E-state index in [9.17, 15) is 5.11 Å². The molecule has 1 aliphatic carbocycles. The number of aliphatic hydroxyl groups is 1. The lowest BCUT2D eigenvalue weighted by Crippen LogP contribution is -2.21. The van der Waals surface area contributed by atoms with Crippen LogP contribution in [0, 0.1) is 19.8 Å². The first kappa shape index (κ1) is 11.7. The van der Waals surface area contributed by atoms with Gasteiger partial charge in [0.05, 0.1) is 5.60 Å². The van der Waals surface area contributed by atoms with Crippen LogP contribution in [-0.2, 0) is 5.60 Å². The van der Waals surface area contributed by atoms with E-state index in [2.05, 4.69) is 32.0 Å². The van der Waals surface area contributed by atoms with Gasteiger partial charge in [-0.2, -0.15) is 0 Å². The van der Waals surface area contributed by atoms with E-state index in [0.717, 1.165) is 17.9 Å². The Kier molecular flexibility index (Phi) is 3.07. The molecule has 0 aromatic heterocycles. The highest BCUT2D eigenvalue weighted by Gasteiger charge is 2.28. The Labute approximate surface area is 98.5 Å². The third-order valence-electron chi connectivity index (χ3n) is 3.58. The van der Waals surface area contributed by atoms with Crippen molar-refractivity contribution >= 4 is 0 Å². The third-order valence-corrected chi connectivity index (χ3v) is 3.58. The zero-order valence-corrected chi connectivity index (χ0v) is 10.6. The van der Waals surface area contributed by atoms with Gasteiger partial charge in [0, 0.05) is 0 Å². The van der Waals surface area contributed by atoms with Crippen LogP contribution < -0.4 is 0 Å². The maximum Gasteiger partial charge on any atom is 0.0868 e. The van der Waals surface area contributed by atoms with Gasteiger partial charge >= 0.3 is 0 Å². The molecule has 1 fully saturated rings.